The maximum atomic E-state index is 12.0. The van der Waals surface area contributed by atoms with Gasteiger partial charge in [0.2, 0.25) is 10.0 Å². The van der Waals surface area contributed by atoms with E-state index in [0.717, 1.165) is 11.6 Å². The average molecular weight is 369 g/mol. The molecular weight excluding hydrogens is 352 g/mol. The van der Waals surface area contributed by atoms with E-state index >= 15 is 0 Å². The van der Waals surface area contributed by atoms with Crippen LogP contribution in [0.5, 0.6) is 5.75 Å². The van der Waals surface area contributed by atoms with Gasteiger partial charge >= 0.3 is 0 Å². The molecule has 0 atom stereocenters. The lowest BCUT2D eigenvalue weighted by Crippen LogP contribution is -2.28. The van der Waals surface area contributed by atoms with Crippen LogP contribution in [0.1, 0.15) is 15.9 Å². The molecule has 8 heteroatoms. The summed E-state index contributed by atoms with van der Waals surface area (Å²) in [4.78, 5) is 11.8. The summed E-state index contributed by atoms with van der Waals surface area (Å²) < 4.78 is 28.3. The van der Waals surface area contributed by atoms with Crippen LogP contribution >= 0.6 is 11.6 Å². The third-order valence-electron chi connectivity index (χ3n) is 3.18. The lowest BCUT2D eigenvalue weighted by atomic mass is 10.2. The van der Waals surface area contributed by atoms with Gasteiger partial charge in [-0.1, -0.05) is 29.3 Å². The number of halogens is 1. The minimum absolute atomic E-state index is 0.0308. The van der Waals surface area contributed by atoms with Gasteiger partial charge in [0.05, 0.1) is 11.6 Å². The molecule has 0 bridgehead atoms. The Balaban J connectivity index is 1.92. The van der Waals surface area contributed by atoms with Gasteiger partial charge in [-0.25, -0.2) is 13.6 Å². The molecule has 0 unspecified atom stereocenters. The molecule has 2 aromatic rings. The number of aryl methyl sites for hydroxylation is 1. The second kappa shape index (κ2) is 7.65. The van der Waals surface area contributed by atoms with Crippen LogP contribution in [0.25, 0.3) is 0 Å². The first kappa shape index (κ1) is 18.3. The van der Waals surface area contributed by atoms with Gasteiger partial charge in [0.15, 0.2) is 0 Å². The molecule has 128 valence electrons. The van der Waals surface area contributed by atoms with Crippen LogP contribution in [0.4, 0.5) is 0 Å². The Kier molecular flexibility index (Phi) is 5.82. The first-order valence-corrected chi connectivity index (χ1v) is 9.00. The summed E-state index contributed by atoms with van der Waals surface area (Å²) >= 11 is 5.78. The van der Waals surface area contributed by atoms with Crippen LogP contribution in [0.3, 0.4) is 0 Å². The van der Waals surface area contributed by atoms with Gasteiger partial charge in [-0.3, -0.25) is 4.79 Å². The molecule has 0 aromatic heterocycles. The molecule has 0 saturated carbocycles. The molecule has 0 radical (unpaired) electrons. The maximum absolute atomic E-state index is 12.0. The molecule has 24 heavy (non-hydrogen) atoms. The summed E-state index contributed by atoms with van der Waals surface area (Å²) in [6.07, 6.45) is 0. The lowest BCUT2D eigenvalue weighted by Gasteiger charge is -2.09. The number of amides is 1. The Morgan fingerprint density at radius 1 is 1.21 bits per heavy atom. The van der Waals surface area contributed by atoms with Crippen molar-refractivity contribution >= 4 is 27.5 Å². The summed E-state index contributed by atoms with van der Waals surface area (Å²) in [6, 6.07) is 11.4. The Labute approximate surface area is 145 Å². The SMILES string of the molecule is Cc1ccc(OCCNC(=O)c2ccc(Cl)c(S(N)(=O)=O)c2)cc1. The molecular formula is C16H17ClN2O4S. The highest BCUT2D eigenvalue weighted by Gasteiger charge is 2.16. The minimum Gasteiger partial charge on any atom is -0.492 e. The van der Waals surface area contributed by atoms with Gasteiger partial charge in [-0.05, 0) is 37.3 Å². The summed E-state index contributed by atoms with van der Waals surface area (Å²) in [5, 5.41) is 7.66. The number of primary sulfonamides is 1. The van der Waals surface area contributed by atoms with Crippen molar-refractivity contribution in [1.29, 1.82) is 0 Å². The normalized spacial score (nSPS) is 11.1. The fourth-order valence-electron chi connectivity index (χ4n) is 1.93. The molecule has 0 fully saturated rings. The van der Waals surface area contributed by atoms with Crippen molar-refractivity contribution < 1.29 is 17.9 Å². The molecule has 0 spiro atoms. The minimum atomic E-state index is -3.99. The Morgan fingerprint density at radius 2 is 1.88 bits per heavy atom. The summed E-state index contributed by atoms with van der Waals surface area (Å²) in [6.45, 7) is 2.52. The molecule has 0 aliphatic carbocycles. The predicted octanol–water partition coefficient (Wildman–Crippen LogP) is 2.10. The number of nitrogens with two attached hydrogens (primary N) is 1. The number of hydrogen-bond donors (Lipinski definition) is 2. The Hall–Kier alpha value is -2.09. The van der Waals surface area contributed by atoms with Crippen LogP contribution < -0.4 is 15.2 Å². The van der Waals surface area contributed by atoms with Crippen molar-refractivity contribution in [2.75, 3.05) is 13.2 Å². The highest BCUT2D eigenvalue weighted by molar-refractivity contribution is 7.89. The van der Waals surface area contributed by atoms with Crippen molar-refractivity contribution in [3.63, 3.8) is 0 Å². The third-order valence-corrected chi connectivity index (χ3v) is 4.57. The second-order valence-corrected chi connectivity index (χ2v) is 7.04. The fraction of sp³-hybridized carbons (Fsp3) is 0.188. The predicted molar refractivity (Wildman–Crippen MR) is 91.8 cm³/mol. The van der Waals surface area contributed by atoms with Crippen molar-refractivity contribution in [2.24, 2.45) is 5.14 Å². The van der Waals surface area contributed by atoms with E-state index in [-0.39, 0.29) is 28.6 Å². The van der Waals surface area contributed by atoms with Crippen LogP contribution in [0, 0.1) is 6.92 Å². The lowest BCUT2D eigenvalue weighted by molar-refractivity contribution is 0.0947. The molecule has 0 aliphatic rings. The number of benzene rings is 2. The van der Waals surface area contributed by atoms with Gasteiger partial charge in [0.1, 0.15) is 17.3 Å². The Bertz CT molecular complexity index is 836. The summed E-state index contributed by atoms with van der Waals surface area (Å²) in [5.74, 6) is 0.266. The average Bonchev–Trinajstić information content (AvgIpc) is 2.52. The van der Waals surface area contributed by atoms with Gasteiger partial charge in [0.25, 0.3) is 5.91 Å². The number of sulfonamides is 1. The molecule has 6 nitrogen and oxygen atoms in total. The molecule has 0 saturated heterocycles. The first-order valence-electron chi connectivity index (χ1n) is 7.07. The van der Waals surface area contributed by atoms with Gasteiger partial charge in [-0.15, -0.1) is 0 Å². The van der Waals surface area contributed by atoms with Gasteiger partial charge < -0.3 is 10.1 Å². The smallest absolute Gasteiger partial charge is 0.251 e. The van der Waals surface area contributed by atoms with Crippen molar-refractivity contribution in [2.45, 2.75) is 11.8 Å². The second-order valence-electron chi connectivity index (χ2n) is 5.11. The zero-order valence-corrected chi connectivity index (χ0v) is 14.5. The number of carbonyl (C=O) groups is 1. The van der Waals surface area contributed by atoms with Crippen molar-refractivity contribution in [1.82, 2.24) is 5.32 Å². The molecule has 2 aromatic carbocycles. The quantitative estimate of drug-likeness (QED) is 0.763. The van der Waals surface area contributed by atoms with Crippen LogP contribution in [-0.4, -0.2) is 27.5 Å². The topological polar surface area (TPSA) is 98.5 Å². The number of nitrogens with one attached hydrogen (secondary N) is 1. The van der Waals surface area contributed by atoms with Crippen LogP contribution in [-0.2, 0) is 10.0 Å². The van der Waals surface area contributed by atoms with Crippen molar-refractivity contribution in [3.8, 4) is 5.75 Å². The summed E-state index contributed by atoms with van der Waals surface area (Å²) in [5.41, 5.74) is 1.28. The molecule has 2 rings (SSSR count). The monoisotopic (exact) mass is 368 g/mol. The zero-order chi connectivity index (χ0) is 17.7. The standard InChI is InChI=1S/C16H17ClN2O4S/c1-11-2-5-13(6-3-11)23-9-8-19-16(20)12-4-7-14(17)15(10-12)24(18,21)22/h2-7,10H,8-9H2,1H3,(H,19,20)(H2,18,21,22). The molecule has 0 aliphatic heterocycles. The number of rotatable bonds is 6. The number of hydrogen-bond acceptors (Lipinski definition) is 4. The maximum Gasteiger partial charge on any atom is 0.251 e. The van der Waals surface area contributed by atoms with Crippen LogP contribution in [0.2, 0.25) is 5.02 Å². The number of carbonyl (C=O) groups excluding carboxylic acids is 1. The van der Waals surface area contributed by atoms with Gasteiger partial charge in [0, 0.05) is 5.56 Å². The largest absolute Gasteiger partial charge is 0.492 e. The van der Waals surface area contributed by atoms with E-state index in [1.54, 1.807) is 0 Å². The summed E-state index contributed by atoms with van der Waals surface area (Å²) in [7, 11) is -3.99. The Morgan fingerprint density at radius 3 is 2.50 bits per heavy atom. The van der Waals surface area contributed by atoms with E-state index in [4.69, 9.17) is 21.5 Å². The molecule has 0 heterocycles. The van der Waals surface area contributed by atoms with E-state index in [9.17, 15) is 13.2 Å². The third kappa shape index (κ3) is 4.95. The van der Waals surface area contributed by atoms with E-state index in [0.29, 0.717) is 5.75 Å². The first-order chi connectivity index (χ1) is 11.3. The molecule has 3 N–H and O–H groups in total. The fourth-order valence-corrected chi connectivity index (χ4v) is 3.00. The molecule has 1 amide bonds. The van der Waals surface area contributed by atoms with E-state index in [2.05, 4.69) is 5.32 Å². The van der Waals surface area contributed by atoms with E-state index in [1.807, 2.05) is 31.2 Å². The van der Waals surface area contributed by atoms with E-state index < -0.39 is 15.9 Å². The van der Waals surface area contributed by atoms with Crippen molar-refractivity contribution in [3.05, 3.63) is 58.6 Å². The van der Waals surface area contributed by atoms with Crippen LogP contribution in [0.15, 0.2) is 47.4 Å². The zero-order valence-electron chi connectivity index (χ0n) is 13.0. The number of ether oxygens (including phenoxy) is 1. The highest BCUT2D eigenvalue weighted by Crippen LogP contribution is 2.21. The van der Waals surface area contributed by atoms with Gasteiger partial charge in [-0.2, -0.15) is 0 Å². The highest BCUT2D eigenvalue weighted by atomic mass is 35.5. The van der Waals surface area contributed by atoms with E-state index in [1.165, 1.54) is 12.1 Å².